The van der Waals surface area contributed by atoms with Gasteiger partial charge in [0.1, 0.15) is 24.6 Å². The largest absolute Gasteiger partial charge is 0.472 e. The SMILES string of the molecule is Nc1ncnc2c1nc(Br)n2[C@@H]1OC2COP(=O)(O)O[C@H]2C1O. The molecule has 2 aliphatic rings. The number of hydrogen-bond acceptors (Lipinski definition) is 9. The fourth-order valence-corrected chi connectivity index (χ4v) is 4.19. The van der Waals surface area contributed by atoms with Crippen LogP contribution in [0.1, 0.15) is 6.23 Å². The first-order chi connectivity index (χ1) is 10.9. The number of rotatable bonds is 1. The Bertz CT molecular complexity index is 831. The van der Waals surface area contributed by atoms with Crippen molar-refractivity contribution in [1.82, 2.24) is 19.5 Å². The minimum Gasteiger partial charge on any atom is -0.386 e. The number of imidazole rings is 1. The van der Waals surface area contributed by atoms with Crippen LogP contribution in [0.25, 0.3) is 11.2 Å². The summed E-state index contributed by atoms with van der Waals surface area (Å²) >= 11 is 3.26. The van der Waals surface area contributed by atoms with Crippen LogP contribution >= 0.6 is 23.8 Å². The third-order valence-electron chi connectivity index (χ3n) is 3.68. The van der Waals surface area contributed by atoms with Crippen molar-refractivity contribution in [1.29, 1.82) is 0 Å². The maximum atomic E-state index is 11.5. The zero-order chi connectivity index (χ0) is 16.4. The van der Waals surface area contributed by atoms with Crippen molar-refractivity contribution in [2.45, 2.75) is 24.5 Å². The first-order valence-electron chi connectivity index (χ1n) is 6.50. The molecular formula is C10H11BrN5O6P. The van der Waals surface area contributed by atoms with Gasteiger partial charge in [0.2, 0.25) is 0 Å². The Hall–Kier alpha value is -1.14. The second kappa shape index (κ2) is 5.18. The molecule has 0 spiro atoms. The summed E-state index contributed by atoms with van der Waals surface area (Å²) < 4.78 is 28.6. The lowest BCUT2D eigenvalue weighted by atomic mass is 10.1. The van der Waals surface area contributed by atoms with Gasteiger partial charge in [-0.3, -0.25) is 13.6 Å². The van der Waals surface area contributed by atoms with E-state index in [0.29, 0.717) is 15.9 Å². The third-order valence-corrected chi connectivity index (χ3v) is 5.23. The number of nitrogen functional groups attached to an aromatic ring is 1. The molecule has 0 aliphatic carbocycles. The number of anilines is 1. The number of aromatic nitrogens is 4. The second-order valence-electron chi connectivity index (χ2n) is 5.07. The molecule has 3 unspecified atom stereocenters. The van der Waals surface area contributed by atoms with E-state index in [2.05, 4.69) is 30.9 Å². The molecule has 13 heteroatoms. The number of nitrogens with two attached hydrogens (primary N) is 1. The Labute approximate surface area is 137 Å². The first kappa shape index (κ1) is 15.4. The molecule has 2 aromatic rings. The number of halogens is 1. The number of phosphoric ester groups is 1. The molecule has 2 fully saturated rings. The standard InChI is InChI=1S/C10H11BrN5O6P/c11-10-15-4-7(12)13-2-14-8(4)16(10)9-5(17)6-3(21-9)1-20-23(18,19)22-6/h2-3,5-6,9,17H,1H2,(H,18,19)(H2,12,13,14)/t3?,5?,6-,9-/m1/s1. The molecule has 0 saturated carbocycles. The van der Waals surface area contributed by atoms with Gasteiger partial charge in [-0.2, -0.15) is 0 Å². The lowest BCUT2D eigenvalue weighted by Gasteiger charge is -2.27. The Morgan fingerprint density at radius 2 is 2.26 bits per heavy atom. The van der Waals surface area contributed by atoms with Gasteiger partial charge < -0.3 is 20.5 Å². The fraction of sp³-hybridized carbons (Fsp3) is 0.500. The molecule has 2 saturated heterocycles. The van der Waals surface area contributed by atoms with Crippen LogP contribution in [-0.2, 0) is 18.3 Å². The number of ether oxygens (including phenoxy) is 1. The highest BCUT2D eigenvalue weighted by Gasteiger charge is 2.53. The van der Waals surface area contributed by atoms with Crippen LogP contribution in [0, 0.1) is 0 Å². The third kappa shape index (κ3) is 2.38. The average molecular weight is 408 g/mol. The smallest absolute Gasteiger partial charge is 0.386 e. The lowest BCUT2D eigenvalue weighted by molar-refractivity contribution is -0.0669. The van der Waals surface area contributed by atoms with Gasteiger partial charge in [0.05, 0.1) is 6.61 Å². The molecule has 124 valence electrons. The van der Waals surface area contributed by atoms with Crippen LogP contribution in [0.3, 0.4) is 0 Å². The lowest BCUT2D eigenvalue weighted by Crippen LogP contribution is -2.39. The molecule has 4 heterocycles. The van der Waals surface area contributed by atoms with Gasteiger partial charge in [-0.25, -0.2) is 19.5 Å². The number of aliphatic hydroxyl groups excluding tert-OH is 1. The Balaban J connectivity index is 1.76. The summed E-state index contributed by atoms with van der Waals surface area (Å²) in [6, 6.07) is 0. The van der Waals surface area contributed by atoms with E-state index in [-0.39, 0.29) is 12.4 Å². The normalized spacial score (nSPS) is 37.2. The summed E-state index contributed by atoms with van der Waals surface area (Å²) in [6.45, 7) is -0.173. The molecule has 0 amide bonds. The highest BCUT2D eigenvalue weighted by molar-refractivity contribution is 9.10. The summed E-state index contributed by atoms with van der Waals surface area (Å²) in [7, 11) is -4.19. The van der Waals surface area contributed by atoms with Crippen molar-refractivity contribution in [3.63, 3.8) is 0 Å². The predicted molar refractivity (Wildman–Crippen MR) is 78.0 cm³/mol. The van der Waals surface area contributed by atoms with E-state index >= 15 is 0 Å². The number of nitrogens with zero attached hydrogens (tertiary/aromatic N) is 4. The summed E-state index contributed by atoms with van der Waals surface area (Å²) in [4.78, 5) is 21.5. The van der Waals surface area contributed by atoms with Gasteiger partial charge in [-0.1, -0.05) is 0 Å². The van der Waals surface area contributed by atoms with E-state index in [0.717, 1.165) is 0 Å². The molecule has 5 atom stereocenters. The highest BCUT2D eigenvalue weighted by Crippen LogP contribution is 2.52. The number of hydrogen-bond donors (Lipinski definition) is 3. The van der Waals surface area contributed by atoms with Crippen LogP contribution in [-0.4, -0.2) is 54.4 Å². The van der Waals surface area contributed by atoms with Gasteiger partial charge in [0.25, 0.3) is 0 Å². The molecule has 4 N–H and O–H groups in total. The first-order valence-corrected chi connectivity index (χ1v) is 8.79. The minimum atomic E-state index is -4.19. The van der Waals surface area contributed by atoms with E-state index in [9.17, 15) is 14.6 Å². The van der Waals surface area contributed by atoms with Crippen LogP contribution in [0.4, 0.5) is 5.82 Å². The van der Waals surface area contributed by atoms with Gasteiger partial charge >= 0.3 is 7.82 Å². The van der Waals surface area contributed by atoms with Crippen LogP contribution in [0.2, 0.25) is 0 Å². The summed E-state index contributed by atoms with van der Waals surface area (Å²) in [5.74, 6) is 0.179. The Morgan fingerprint density at radius 1 is 1.48 bits per heavy atom. The maximum absolute atomic E-state index is 11.5. The Morgan fingerprint density at radius 3 is 3.04 bits per heavy atom. The van der Waals surface area contributed by atoms with Gasteiger partial charge in [0, 0.05) is 0 Å². The van der Waals surface area contributed by atoms with Gasteiger partial charge in [0.15, 0.2) is 27.9 Å². The van der Waals surface area contributed by atoms with Crippen molar-refractivity contribution in [3.8, 4) is 0 Å². The van der Waals surface area contributed by atoms with Crippen molar-refractivity contribution in [2.75, 3.05) is 12.3 Å². The second-order valence-corrected chi connectivity index (χ2v) is 7.19. The van der Waals surface area contributed by atoms with E-state index < -0.39 is 32.4 Å². The molecule has 0 radical (unpaired) electrons. The molecule has 2 aliphatic heterocycles. The van der Waals surface area contributed by atoms with E-state index in [4.69, 9.17) is 19.5 Å². The summed E-state index contributed by atoms with van der Waals surface area (Å²) in [5, 5.41) is 10.5. The van der Waals surface area contributed by atoms with Crippen LogP contribution < -0.4 is 5.73 Å². The number of aliphatic hydroxyl groups is 1. The van der Waals surface area contributed by atoms with Crippen LogP contribution in [0.5, 0.6) is 0 Å². The number of phosphoric acid groups is 1. The van der Waals surface area contributed by atoms with Crippen molar-refractivity contribution < 1.29 is 28.3 Å². The minimum absolute atomic E-state index is 0.173. The molecule has 2 aromatic heterocycles. The molecular weight excluding hydrogens is 397 g/mol. The van der Waals surface area contributed by atoms with E-state index in [1.165, 1.54) is 10.9 Å². The average Bonchev–Trinajstić information content (AvgIpc) is 2.97. The van der Waals surface area contributed by atoms with Crippen LogP contribution in [0.15, 0.2) is 11.1 Å². The zero-order valence-electron chi connectivity index (χ0n) is 11.3. The van der Waals surface area contributed by atoms with Crippen molar-refractivity contribution in [2.24, 2.45) is 0 Å². The Kier molecular flexibility index (Phi) is 3.47. The number of fused-ring (bicyclic) bond motifs is 2. The van der Waals surface area contributed by atoms with Gasteiger partial charge in [-0.05, 0) is 15.9 Å². The molecule has 23 heavy (non-hydrogen) atoms. The molecule has 0 aromatic carbocycles. The highest BCUT2D eigenvalue weighted by atomic mass is 79.9. The summed E-state index contributed by atoms with van der Waals surface area (Å²) in [6.07, 6.45) is -2.62. The molecule has 11 nitrogen and oxygen atoms in total. The summed E-state index contributed by atoms with van der Waals surface area (Å²) in [5.41, 5.74) is 6.45. The van der Waals surface area contributed by atoms with Crippen molar-refractivity contribution in [3.05, 3.63) is 11.1 Å². The zero-order valence-corrected chi connectivity index (χ0v) is 13.8. The predicted octanol–water partition coefficient (Wildman–Crippen LogP) is -0.0549. The van der Waals surface area contributed by atoms with Crippen molar-refractivity contribution >= 4 is 40.7 Å². The topological polar surface area (TPSA) is 155 Å². The van der Waals surface area contributed by atoms with E-state index in [1.54, 1.807) is 0 Å². The fourth-order valence-electron chi connectivity index (χ4n) is 2.67. The van der Waals surface area contributed by atoms with E-state index in [1.807, 2.05) is 0 Å². The monoisotopic (exact) mass is 407 g/mol. The maximum Gasteiger partial charge on any atom is 0.472 e. The van der Waals surface area contributed by atoms with Gasteiger partial charge in [-0.15, -0.1) is 0 Å². The molecule has 4 rings (SSSR count). The quantitative estimate of drug-likeness (QED) is 0.432. The molecule has 0 bridgehead atoms.